The van der Waals surface area contributed by atoms with Crippen LogP contribution in [-0.2, 0) is 13.0 Å². The van der Waals surface area contributed by atoms with Gasteiger partial charge in [-0.15, -0.1) is 12.4 Å². The normalized spacial score (nSPS) is 22.5. The number of hydrogen-bond acceptors (Lipinski definition) is 3. The lowest BCUT2D eigenvalue weighted by atomic mass is 9.84. The molecule has 1 aliphatic carbocycles. The van der Waals surface area contributed by atoms with Crippen molar-refractivity contribution in [3.05, 3.63) is 69.6 Å². The maximum atomic E-state index is 13.6. The fraction of sp³-hybridized carbons (Fsp3) is 0.520. The highest BCUT2D eigenvalue weighted by molar-refractivity contribution is 5.94. The average molecular weight is 442 g/mol. The van der Waals surface area contributed by atoms with Gasteiger partial charge in [-0.2, -0.15) is 0 Å². The van der Waals surface area contributed by atoms with Gasteiger partial charge in [0.25, 0.3) is 11.5 Å². The van der Waals surface area contributed by atoms with Crippen molar-refractivity contribution in [1.82, 2.24) is 14.8 Å². The number of carbonyl (C=O) groups excluding carboxylic acids is 1. The van der Waals surface area contributed by atoms with Gasteiger partial charge in [-0.25, -0.2) is 0 Å². The third-order valence-corrected chi connectivity index (χ3v) is 7.25. The monoisotopic (exact) mass is 441 g/mol. The summed E-state index contributed by atoms with van der Waals surface area (Å²) in [5.41, 5.74) is 2.59. The van der Waals surface area contributed by atoms with Crippen LogP contribution in [0.15, 0.2) is 47.3 Å². The van der Waals surface area contributed by atoms with E-state index in [-0.39, 0.29) is 29.9 Å². The summed E-state index contributed by atoms with van der Waals surface area (Å²) in [6.45, 7) is 3.29. The lowest BCUT2D eigenvalue weighted by Gasteiger charge is -2.37. The van der Waals surface area contributed by atoms with Crippen molar-refractivity contribution in [1.29, 1.82) is 0 Å². The Kier molecular flexibility index (Phi) is 6.83. The Morgan fingerprint density at radius 3 is 2.61 bits per heavy atom. The molecule has 2 fully saturated rings. The molecule has 3 aliphatic rings. The van der Waals surface area contributed by atoms with Crippen molar-refractivity contribution in [3.63, 3.8) is 0 Å². The summed E-state index contributed by atoms with van der Waals surface area (Å²) < 4.78 is 1.90. The standard InChI is InChI=1S/C25H31N3O2.ClH/c29-24(27(21-8-4-5-9-21)13-12-18-6-2-1-3-7-18)22-10-11-23-20-14-19(15-26-16-20)17-28(23)25(22)30;/h1-3,6-7,10-11,19-21,26H,4-5,8-9,12-17H2;1H/t19-,20+;/m0./s1. The van der Waals surface area contributed by atoms with Gasteiger partial charge in [0.1, 0.15) is 5.56 Å². The van der Waals surface area contributed by atoms with E-state index in [9.17, 15) is 9.59 Å². The minimum atomic E-state index is -0.0863. The molecule has 2 aliphatic heterocycles. The number of nitrogens with one attached hydrogen (secondary N) is 1. The van der Waals surface area contributed by atoms with Crippen LogP contribution in [0.3, 0.4) is 0 Å². The number of fused-ring (bicyclic) bond motifs is 4. The topological polar surface area (TPSA) is 54.3 Å². The molecule has 2 atom stereocenters. The molecule has 2 aromatic rings. The second-order valence-corrected chi connectivity index (χ2v) is 9.22. The predicted octanol–water partition coefficient (Wildman–Crippen LogP) is 3.60. The van der Waals surface area contributed by atoms with Gasteiger partial charge >= 0.3 is 0 Å². The smallest absolute Gasteiger partial charge is 0.263 e. The second kappa shape index (κ2) is 9.58. The maximum Gasteiger partial charge on any atom is 0.263 e. The number of aromatic nitrogens is 1. The molecule has 6 heteroatoms. The van der Waals surface area contributed by atoms with Crippen LogP contribution >= 0.6 is 12.4 Å². The summed E-state index contributed by atoms with van der Waals surface area (Å²) in [4.78, 5) is 29.0. The molecule has 166 valence electrons. The molecule has 0 radical (unpaired) electrons. The number of hydrogen-bond donors (Lipinski definition) is 1. The van der Waals surface area contributed by atoms with Crippen LogP contribution in [0, 0.1) is 5.92 Å². The SMILES string of the molecule is Cl.O=C(c1ccc2n(c1=O)C[C@@H]1CNC[C@H]2C1)N(CCc1ccccc1)C1CCCC1. The molecule has 1 saturated carbocycles. The molecular formula is C25H32ClN3O2. The predicted molar refractivity (Wildman–Crippen MR) is 125 cm³/mol. The van der Waals surface area contributed by atoms with Crippen molar-refractivity contribution < 1.29 is 4.79 Å². The number of amides is 1. The first kappa shape index (κ1) is 22.1. The lowest BCUT2D eigenvalue weighted by Crippen LogP contribution is -2.47. The molecule has 1 N–H and O–H groups in total. The lowest BCUT2D eigenvalue weighted by molar-refractivity contribution is 0.0680. The minimum absolute atomic E-state index is 0. The highest BCUT2D eigenvalue weighted by Crippen LogP contribution is 2.32. The van der Waals surface area contributed by atoms with E-state index in [2.05, 4.69) is 17.4 Å². The summed E-state index contributed by atoms with van der Waals surface area (Å²) in [5, 5.41) is 3.48. The Hall–Kier alpha value is -2.11. The number of piperidine rings is 1. The molecular weight excluding hydrogens is 410 g/mol. The Bertz CT molecular complexity index is 968. The zero-order chi connectivity index (χ0) is 20.5. The maximum absolute atomic E-state index is 13.6. The van der Waals surface area contributed by atoms with Crippen molar-refractivity contribution in [2.45, 2.75) is 57.0 Å². The summed E-state index contributed by atoms with van der Waals surface area (Å²) >= 11 is 0. The van der Waals surface area contributed by atoms with Crippen LogP contribution in [0.1, 0.15) is 59.6 Å². The summed E-state index contributed by atoms with van der Waals surface area (Å²) in [5.74, 6) is 0.800. The molecule has 3 heterocycles. The third kappa shape index (κ3) is 4.44. The Morgan fingerprint density at radius 1 is 1.06 bits per heavy atom. The molecule has 0 spiro atoms. The van der Waals surface area contributed by atoms with E-state index < -0.39 is 0 Å². The fourth-order valence-electron chi connectivity index (χ4n) is 5.67. The average Bonchev–Trinajstić information content (AvgIpc) is 3.30. The minimum Gasteiger partial charge on any atom is -0.335 e. The molecule has 1 amide bonds. The van der Waals surface area contributed by atoms with Gasteiger partial charge in [-0.05, 0) is 55.8 Å². The van der Waals surface area contributed by atoms with E-state index in [0.717, 1.165) is 51.0 Å². The van der Waals surface area contributed by atoms with Gasteiger partial charge < -0.3 is 14.8 Å². The van der Waals surface area contributed by atoms with Crippen molar-refractivity contribution >= 4 is 18.3 Å². The van der Waals surface area contributed by atoms with Gasteiger partial charge in [0, 0.05) is 37.3 Å². The first-order chi connectivity index (χ1) is 14.7. The van der Waals surface area contributed by atoms with E-state index >= 15 is 0 Å². The Labute approximate surface area is 190 Å². The van der Waals surface area contributed by atoms with Crippen molar-refractivity contribution in [2.75, 3.05) is 19.6 Å². The van der Waals surface area contributed by atoms with Crippen molar-refractivity contribution in [3.8, 4) is 0 Å². The van der Waals surface area contributed by atoms with Crippen LogP contribution in [0.25, 0.3) is 0 Å². The van der Waals surface area contributed by atoms with E-state index in [1.165, 1.54) is 18.4 Å². The van der Waals surface area contributed by atoms with Gasteiger partial charge in [0.05, 0.1) is 0 Å². The number of pyridine rings is 1. The second-order valence-electron chi connectivity index (χ2n) is 9.22. The molecule has 1 saturated heterocycles. The zero-order valence-electron chi connectivity index (χ0n) is 18.0. The van der Waals surface area contributed by atoms with Gasteiger partial charge in [0.2, 0.25) is 0 Å². The first-order valence-electron chi connectivity index (χ1n) is 11.5. The molecule has 2 bridgehead atoms. The summed E-state index contributed by atoms with van der Waals surface area (Å²) in [6.07, 6.45) is 6.39. The van der Waals surface area contributed by atoms with Gasteiger partial charge in [-0.3, -0.25) is 9.59 Å². The van der Waals surface area contributed by atoms with E-state index in [4.69, 9.17) is 0 Å². The zero-order valence-corrected chi connectivity index (χ0v) is 18.8. The van der Waals surface area contributed by atoms with Crippen LogP contribution < -0.4 is 10.9 Å². The number of carbonyl (C=O) groups is 1. The molecule has 1 aromatic heterocycles. The largest absolute Gasteiger partial charge is 0.335 e. The summed E-state index contributed by atoms with van der Waals surface area (Å²) in [6, 6.07) is 14.4. The quantitative estimate of drug-likeness (QED) is 0.771. The third-order valence-electron chi connectivity index (χ3n) is 7.25. The van der Waals surface area contributed by atoms with E-state index in [1.54, 1.807) is 6.07 Å². The molecule has 31 heavy (non-hydrogen) atoms. The molecule has 1 aromatic carbocycles. The Balaban J connectivity index is 0.00000231. The molecule has 0 unspecified atom stereocenters. The Morgan fingerprint density at radius 2 is 1.84 bits per heavy atom. The molecule has 5 nitrogen and oxygen atoms in total. The fourth-order valence-corrected chi connectivity index (χ4v) is 5.67. The number of nitrogens with zero attached hydrogens (tertiary/aromatic N) is 2. The van der Waals surface area contributed by atoms with Crippen LogP contribution in [0.4, 0.5) is 0 Å². The van der Waals surface area contributed by atoms with Gasteiger partial charge in [0.15, 0.2) is 0 Å². The van der Waals surface area contributed by atoms with Crippen LogP contribution in [0.5, 0.6) is 0 Å². The number of halogens is 1. The van der Waals surface area contributed by atoms with E-state index in [0.29, 0.717) is 23.9 Å². The number of rotatable bonds is 5. The van der Waals surface area contributed by atoms with Crippen LogP contribution in [-0.4, -0.2) is 41.1 Å². The van der Waals surface area contributed by atoms with E-state index in [1.807, 2.05) is 33.7 Å². The first-order valence-corrected chi connectivity index (χ1v) is 11.5. The highest BCUT2D eigenvalue weighted by atomic mass is 35.5. The molecule has 5 rings (SSSR count). The summed E-state index contributed by atoms with van der Waals surface area (Å²) in [7, 11) is 0. The van der Waals surface area contributed by atoms with Gasteiger partial charge in [-0.1, -0.05) is 43.2 Å². The number of benzene rings is 1. The van der Waals surface area contributed by atoms with Crippen molar-refractivity contribution in [2.24, 2.45) is 5.92 Å². The van der Waals surface area contributed by atoms with Crippen LogP contribution in [0.2, 0.25) is 0 Å². The highest BCUT2D eigenvalue weighted by Gasteiger charge is 2.34.